The first-order chi connectivity index (χ1) is 10.1. The molecule has 1 amide bonds. The van der Waals surface area contributed by atoms with Crippen molar-refractivity contribution in [2.45, 2.75) is 6.92 Å². The molecule has 0 atom stereocenters. The first-order valence-electron chi connectivity index (χ1n) is 6.08. The van der Waals surface area contributed by atoms with Crippen LogP contribution >= 0.6 is 0 Å². The summed E-state index contributed by atoms with van der Waals surface area (Å²) >= 11 is 0. The Bertz CT molecular complexity index is 681. The molecule has 0 saturated carbocycles. The van der Waals surface area contributed by atoms with Gasteiger partial charge in [0.25, 0.3) is 11.6 Å². The average Bonchev–Trinajstić information content (AvgIpc) is 2.53. The minimum absolute atomic E-state index is 0.00377. The van der Waals surface area contributed by atoms with Crippen LogP contribution in [0.25, 0.3) is 0 Å². The standard InChI is InChI=1S/C14H12N4O3/c1-10(11-5-7-12(8-6-11)18(20)21)16-17-14(19)13-4-2-3-9-15-13/h2-9H,1H3,(H,17,19)/b16-10+. The number of amides is 1. The Morgan fingerprint density at radius 3 is 2.52 bits per heavy atom. The van der Waals surface area contributed by atoms with Crippen molar-refractivity contribution in [2.75, 3.05) is 0 Å². The molecule has 0 aliphatic heterocycles. The van der Waals surface area contributed by atoms with Gasteiger partial charge in [-0.25, -0.2) is 5.43 Å². The fraction of sp³-hybridized carbons (Fsp3) is 0.0714. The number of nitrogens with zero attached hydrogens (tertiary/aromatic N) is 3. The molecule has 0 fully saturated rings. The molecule has 0 saturated heterocycles. The summed E-state index contributed by atoms with van der Waals surface area (Å²) in [6, 6.07) is 10.9. The Morgan fingerprint density at radius 2 is 1.95 bits per heavy atom. The summed E-state index contributed by atoms with van der Waals surface area (Å²) in [4.78, 5) is 25.8. The minimum atomic E-state index is -0.473. The molecule has 0 spiro atoms. The molecular weight excluding hydrogens is 272 g/mol. The summed E-state index contributed by atoms with van der Waals surface area (Å²) in [5.41, 5.74) is 3.87. The fourth-order valence-corrected chi connectivity index (χ4v) is 1.58. The van der Waals surface area contributed by atoms with Crippen LogP contribution in [0.1, 0.15) is 23.0 Å². The molecule has 0 radical (unpaired) electrons. The Labute approximate surface area is 120 Å². The second-order valence-electron chi connectivity index (χ2n) is 4.16. The first kappa shape index (κ1) is 14.3. The number of nitro groups is 1. The number of non-ortho nitro benzene ring substituents is 1. The monoisotopic (exact) mass is 284 g/mol. The van der Waals surface area contributed by atoms with E-state index in [0.29, 0.717) is 11.3 Å². The average molecular weight is 284 g/mol. The SMILES string of the molecule is C/C(=N\NC(=O)c1ccccn1)c1ccc([N+](=O)[O-])cc1. The van der Waals surface area contributed by atoms with Crippen LogP contribution in [0.5, 0.6) is 0 Å². The summed E-state index contributed by atoms with van der Waals surface area (Å²) in [6.45, 7) is 1.69. The second-order valence-corrected chi connectivity index (χ2v) is 4.16. The highest BCUT2D eigenvalue weighted by molar-refractivity contribution is 6.00. The third-order valence-corrected chi connectivity index (χ3v) is 2.72. The lowest BCUT2D eigenvalue weighted by molar-refractivity contribution is -0.384. The quantitative estimate of drug-likeness (QED) is 0.528. The molecule has 7 heteroatoms. The largest absolute Gasteiger partial charge is 0.289 e. The number of rotatable bonds is 4. The maximum Gasteiger partial charge on any atom is 0.289 e. The number of hydrogen-bond donors (Lipinski definition) is 1. The predicted octanol–water partition coefficient (Wildman–Crippen LogP) is 2.14. The summed E-state index contributed by atoms with van der Waals surface area (Å²) in [5, 5.41) is 14.5. The Hall–Kier alpha value is -3.09. The topological polar surface area (TPSA) is 97.5 Å². The van der Waals surface area contributed by atoms with Crippen molar-refractivity contribution in [3.63, 3.8) is 0 Å². The zero-order valence-corrected chi connectivity index (χ0v) is 11.2. The van der Waals surface area contributed by atoms with Crippen molar-refractivity contribution in [1.82, 2.24) is 10.4 Å². The Kier molecular flexibility index (Phi) is 4.35. The van der Waals surface area contributed by atoms with Gasteiger partial charge in [0.15, 0.2) is 0 Å². The predicted molar refractivity (Wildman–Crippen MR) is 77.0 cm³/mol. The van der Waals surface area contributed by atoms with Crippen molar-refractivity contribution in [3.8, 4) is 0 Å². The van der Waals surface area contributed by atoms with Gasteiger partial charge < -0.3 is 0 Å². The maximum atomic E-state index is 11.8. The molecule has 0 aliphatic rings. The number of nitro benzene ring substituents is 1. The Balaban J connectivity index is 2.07. The molecule has 106 valence electrons. The van der Waals surface area contributed by atoms with E-state index in [1.807, 2.05) is 0 Å². The van der Waals surface area contributed by atoms with Crippen LogP contribution in [0.3, 0.4) is 0 Å². The fourth-order valence-electron chi connectivity index (χ4n) is 1.58. The number of nitrogens with one attached hydrogen (secondary N) is 1. The number of hydrogen-bond acceptors (Lipinski definition) is 5. The van der Waals surface area contributed by atoms with Crippen LogP contribution in [-0.2, 0) is 0 Å². The molecule has 21 heavy (non-hydrogen) atoms. The molecule has 1 N–H and O–H groups in total. The number of carbonyl (C=O) groups excluding carboxylic acids is 1. The van der Waals surface area contributed by atoms with Gasteiger partial charge in [-0.1, -0.05) is 6.07 Å². The molecule has 0 unspecified atom stereocenters. The van der Waals surface area contributed by atoms with E-state index in [0.717, 1.165) is 0 Å². The molecule has 1 heterocycles. The van der Waals surface area contributed by atoms with Gasteiger partial charge in [0.1, 0.15) is 5.69 Å². The van der Waals surface area contributed by atoms with Gasteiger partial charge in [-0.2, -0.15) is 5.10 Å². The van der Waals surface area contributed by atoms with Gasteiger partial charge in [0.05, 0.1) is 10.6 Å². The highest BCUT2D eigenvalue weighted by Crippen LogP contribution is 2.12. The van der Waals surface area contributed by atoms with Crippen LogP contribution in [0.2, 0.25) is 0 Å². The van der Waals surface area contributed by atoms with Gasteiger partial charge in [-0.05, 0) is 36.8 Å². The van der Waals surface area contributed by atoms with E-state index in [1.54, 1.807) is 37.3 Å². The van der Waals surface area contributed by atoms with Crippen molar-refractivity contribution in [1.29, 1.82) is 0 Å². The highest BCUT2D eigenvalue weighted by Gasteiger charge is 2.07. The van der Waals surface area contributed by atoms with Crippen LogP contribution < -0.4 is 5.43 Å². The maximum absolute atomic E-state index is 11.8. The number of carbonyl (C=O) groups is 1. The van der Waals surface area contributed by atoms with Crippen LogP contribution in [0, 0.1) is 10.1 Å². The van der Waals surface area contributed by atoms with E-state index in [2.05, 4.69) is 15.5 Å². The van der Waals surface area contributed by atoms with Crippen molar-refractivity contribution in [2.24, 2.45) is 5.10 Å². The molecule has 1 aromatic heterocycles. The number of pyridine rings is 1. The van der Waals surface area contributed by atoms with Crippen molar-refractivity contribution < 1.29 is 9.72 Å². The first-order valence-corrected chi connectivity index (χ1v) is 6.08. The van der Waals surface area contributed by atoms with E-state index in [9.17, 15) is 14.9 Å². The van der Waals surface area contributed by atoms with E-state index in [1.165, 1.54) is 18.3 Å². The zero-order valence-electron chi connectivity index (χ0n) is 11.2. The van der Waals surface area contributed by atoms with Crippen LogP contribution in [0.15, 0.2) is 53.8 Å². The van der Waals surface area contributed by atoms with E-state index in [-0.39, 0.29) is 11.4 Å². The molecule has 0 bridgehead atoms. The summed E-state index contributed by atoms with van der Waals surface area (Å²) in [5.74, 6) is -0.420. The molecular formula is C14H12N4O3. The number of hydrazone groups is 1. The van der Waals surface area contributed by atoms with Crippen LogP contribution in [-0.4, -0.2) is 21.5 Å². The van der Waals surface area contributed by atoms with Gasteiger partial charge in [-0.3, -0.25) is 19.9 Å². The lowest BCUT2D eigenvalue weighted by atomic mass is 10.1. The summed E-state index contributed by atoms with van der Waals surface area (Å²) in [6.07, 6.45) is 1.52. The Morgan fingerprint density at radius 1 is 1.24 bits per heavy atom. The summed E-state index contributed by atoms with van der Waals surface area (Å²) < 4.78 is 0. The lowest BCUT2D eigenvalue weighted by Gasteiger charge is -2.02. The van der Waals surface area contributed by atoms with Gasteiger partial charge in [0.2, 0.25) is 0 Å². The molecule has 1 aromatic carbocycles. The normalized spacial score (nSPS) is 11.0. The third-order valence-electron chi connectivity index (χ3n) is 2.72. The summed E-state index contributed by atoms with van der Waals surface area (Å²) in [7, 11) is 0. The van der Waals surface area contributed by atoms with Gasteiger partial charge >= 0.3 is 0 Å². The van der Waals surface area contributed by atoms with Crippen LogP contribution in [0.4, 0.5) is 5.69 Å². The zero-order chi connectivity index (χ0) is 15.2. The number of benzene rings is 1. The highest BCUT2D eigenvalue weighted by atomic mass is 16.6. The minimum Gasteiger partial charge on any atom is -0.266 e. The molecule has 7 nitrogen and oxygen atoms in total. The van der Waals surface area contributed by atoms with E-state index in [4.69, 9.17) is 0 Å². The second kappa shape index (κ2) is 6.38. The third kappa shape index (κ3) is 3.69. The van der Waals surface area contributed by atoms with Gasteiger partial charge in [-0.15, -0.1) is 0 Å². The molecule has 0 aliphatic carbocycles. The lowest BCUT2D eigenvalue weighted by Crippen LogP contribution is -2.20. The smallest absolute Gasteiger partial charge is 0.266 e. The van der Waals surface area contributed by atoms with Crippen molar-refractivity contribution in [3.05, 3.63) is 70.0 Å². The number of aromatic nitrogens is 1. The van der Waals surface area contributed by atoms with Crippen molar-refractivity contribution >= 4 is 17.3 Å². The van der Waals surface area contributed by atoms with Gasteiger partial charge in [0, 0.05) is 18.3 Å². The van der Waals surface area contributed by atoms with E-state index >= 15 is 0 Å². The molecule has 2 aromatic rings. The molecule has 2 rings (SSSR count). The van der Waals surface area contributed by atoms with E-state index < -0.39 is 10.8 Å².